The predicted molar refractivity (Wildman–Crippen MR) is 81.1 cm³/mol. The number of aromatic nitrogens is 2. The third kappa shape index (κ3) is 3.38. The van der Waals surface area contributed by atoms with Crippen LogP contribution in [0.5, 0.6) is 0 Å². The smallest absolute Gasteiger partial charge is 0.332 e. The van der Waals surface area contributed by atoms with Crippen LogP contribution in [0.4, 0.5) is 17.5 Å². The molecule has 0 aliphatic carbocycles. The molecule has 1 fully saturated rings. The molecular formula is C13H22N6O2. The van der Waals surface area contributed by atoms with Gasteiger partial charge in [0.2, 0.25) is 11.8 Å². The van der Waals surface area contributed by atoms with E-state index in [1.807, 2.05) is 4.90 Å². The second-order valence-corrected chi connectivity index (χ2v) is 6.21. The Morgan fingerprint density at radius 3 is 2.67 bits per heavy atom. The van der Waals surface area contributed by atoms with Gasteiger partial charge in [-0.15, -0.1) is 0 Å². The molecule has 2 rings (SSSR count). The van der Waals surface area contributed by atoms with E-state index in [4.69, 9.17) is 5.84 Å². The molecule has 3 N–H and O–H groups in total. The quantitative estimate of drug-likeness (QED) is 0.498. The van der Waals surface area contributed by atoms with Gasteiger partial charge >= 0.3 is 5.69 Å². The minimum absolute atomic E-state index is 0.0336. The van der Waals surface area contributed by atoms with E-state index in [9.17, 15) is 10.1 Å². The van der Waals surface area contributed by atoms with Crippen molar-refractivity contribution in [3.63, 3.8) is 0 Å². The molecule has 8 heteroatoms. The molecule has 8 nitrogen and oxygen atoms in total. The summed E-state index contributed by atoms with van der Waals surface area (Å²) in [6.45, 7) is 7.55. The maximum absolute atomic E-state index is 11.3. The number of nitro groups is 1. The van der Waals surface area contributed by atoms with E-state index in [0.29, 0.717) is 11.5 Å². The van der Waals surface area contributed by atoms with Gasteiger partial charge < -0.3 is 4.90 Å². The number of hydrogen-bond donors (Lipinski definition) is 2. The zero-order valence-corrected chi connectivity index (χ0v) is 12.7. The number of nitrogens with two attached hydrogens (primary N) is 1. The minimum atomic E-state index is -0.416. The highest BCUT2D eigenvalue weighted by atomic mass is 16.6. The van der Waals surface area contributed by atoms with E-state index in [-0.39, 0.29) is 17.1 Å². The van der Waals surface area contributed by atoms with Crippen LogP contribution in [0.3, 0.4) is 0 Å². The van der Waals surface area contributed by atoms with Gasteiger partial charge in [-0.05, 0) is 31.6 Å². The molecule has 0 atom stereocenters. The van der Waals surface area contributed by atoms with Gasteiger partial charge in [0.1, 0.15) is 5.69 Å². The molecule has 116 valence electrons. The second kappa shape index (κ2) is 5.80. The van der Waals surface area contributed by atoms with Crippen molar-refractivity contribution in [3.05, 3.63) is 15.8 Å². The Labute approximate surface area is 123 Å². The molecule has 0 saturated carbocycles. The standard InChI is InChI=1S/C13H22N6O2/c1-9-10(19(20)21)11(16-12(15-9)17-14)18-7-4-5-13(2,3)6-8-18/h4-8,14H2,1-3H3,(H,15,16,17). The number of aryl methyl sites for hydroxylation is 1. The molecular weight excluding hydrogens is 272 g/mol. The number of anilines is 2. The molecule has 1 saturated heterocycles. The first-order chi connectivity index (χ1) is 9.84. The lowest BCUT2D eigenvalue weighted by Crippen LogP contribution is -2.28. The van der Waals surface area contributed by atoms with Crippen LogP contribution in [-0.4, -0.2) is 28.0 Å². The average Bonchev–Trinajstić information content (AvgIpc) is 2.58. The van der Waals surface area contributed by atoms with Crippen LogP contribution in [0.2, 0.25) is 0 Å². The van der Waals surface area contributed by atoms with Crippen LogP contribution in [0.15, 0.2) is 0 Å². The number of nitrogens with one attached hydrogen (secondary N) is 1. The fourth-order valence-electron chi connectivity index (χ4n) is 2.69. The van der Waals surface area contributed by atoms with E-state index in [2.05, 4.69) is 29.2 Å². The van der Waals surface area contributed by atoms with E-state index in [0.717, 1.165) is 32.4 Å². The Hall–Kier alpha value is -1.96. The Kier molecular flexibility index (Phi) is 4.26. The zero-order chi connectivity index (χ0) is 15.6. The second-order valence-electron chi connectivity index (χ2n) is 6.21. The van der Waals surface area contributed by atoms with Crippen LogP contribution < -0.4 is 16.2 Å². The number of hydrazine groups is 1. The Morgan fingerprint density at radius 2 is 2.05 bits per heavy atom. The summed E-state index contributed by atoms with van der Waals surface area (Å²) < 4.78 is 0. The normalized spacial score (nSPS) is 18.2. The summed E-state index contributed by atoms with van der Waals surface area (Å²) in [6.07, 6.45) is 3.06. The average molecular weight is 294 g/mol. The van der Waals surface area contributed by atoms with Crippen molar-refractivity contribution in [3.8, 4) is 0 Å². The van der Waals surface area contributed by atoms with E-state index in [1.54, 1.807) is 6.92 Å². The number of nitrogens with zero attached hydrogens (tertiary/aromatic N) is 4. The SMILES string of the molecule is Cc1nc(NN)nc(N2CCCC(C)(C)CC2)c1[N+](=O)[O-]. The summed E-state index contributed by atoms with van der Waals surface area (Å²) in [5.74, 6) is 5.92. The molecule has 0 unspecified atom stereocenters. The van der Waals surface area contributed by atoms with Gasteiger partial charge in [-0.2, -0.15) is 4.98 Å². The van der Waals surface area contributed by atoms with Crippen LogP contribution >= 0.6 is 0 Å². The minimum Gasteiger partial charge on any atom is -0.351 e. The van der Waals surface area contributed by atoms with Gasteiger partial charge in [-0.1, -0.05) is 13.8 Å². The van der Waals surface area contributed by atoms with Crippen molar-refractivity contribution in [1.82, 2.24) is 9.97 Å². The number of nitrogen functional groups attached to an aromatic ring is 1. The first-order valence-corrected chi connectivity index (χ1v) is 7.09. The fourth-order valence-corrected chi connectivity index (χ4v) is 2.69. The van der Waals surface area contributed by atoms with Gasteiger partial charge in [-0.25, -0.2) is 10.8 Å². The molecule has 2 heterocycles. The fraction of sp³-hybridized carbons (Fsp3) is 0.692. The molecule has 0 aromatic carbocycles. The van der Waals surface area contributed by atoms with Crippen molar-refractivity contribution >= 4 is 17.5 Å². The topological polar surface area (TPSA) is 110 Å². The van der Waals surface area contributed by atoms with E-state index >= 15 is 0 Å². The van der Waals surface area contributed by atoms with Gasteiger partial charge in [0, 0.05) is 13.1 Å². The van der Waals surface area contributed by atoms with Crippen LogP contribution in [0, 0.1) is 22.5 Å². The predicted octanol–water partition coefficient (Wildman–Crippen LogP) is 2.00. The lowest BCUT2D eigenvalue weighted by molar-refractivity contribution is -0.385. The molecule has 21 heavy (non-hydrogen) atoms. The van der Waals surface area contributed by atoms with E-state index in [1.165, 1.54) is 0 Å². The third-order valence-corrected chi connectivity index (χ3v) is 3.99. The largest absolute Gasteiger partial charge is 0.351 e. The summed E-state index contributed by atoms with van der Waals surface area (Å²) in [5.41, 5.74) is 2.91. The van der Waals surface area contributed by atoms with Crippen molar-refractivity contribution < 1.29 is 4.92 Å². The summed E-state index contributed by atoms with van der Waals surface area (Å²) in [6, 6.07) is 0. The number of hydrogen-bond acceptors (Lipinski definition) is 7. The van der Waals surface area contributed by atoms with Gasteiger partial charge in [0.15, 0.2) is 0 Å². The van der Waals surface area contributed by atoms with Crippen LogP contribution in [0.1, 0.15) is 38.8 Å². The van der Waals surface area contributed by atoms with Gasteiger partial charge in [-0.3, -0.25) is 15.5 Å². The Bertz CT molecular complexity index is 546. The summed E-state index contributed by atoms with van der Waals surface area (Å²) in [7, 11) is 0. The third-order valence-electron chi connectivity index (χ3n) is 3.99. The monoisotopic (exact) mass is 294 g/mol. The zero-order valence-electron chi connectivity index (χ0n) is 12.7. The molecule has 0 bridgehead atoms. The maximum atomic E-state index is 11.3. The molecule has 1 aliphatic heterocycles. The first-order valence-electron chi connectivity index (χ1n) is 7.09. The summed E-state index contributed by atoms with van der Waals surface area (Å²) >= 11 is 0. The number of rotatable bonds is 3. The van der Waals surface area contributed by atoms with Crippen molar-refractivity contribution in [2.45, 2.75) is 40.0 Å². The maximum Gasteiger partial charge on any atom is 0.332 e. The Morgan fingerprint density at radius 1 is 1.33 bits per heavy atom. The molecule has 0 radical (unpaired) electrons. The molecule has 0 spiro atoms. The highest BCUT2D eigenvalue weighted by molar-refractivity contribution is 5.62. The van der Waals surface area contributed by atoms with Crippen molar-refractivity contribution in [2.75, 3.05) is 23.4 Å². The first kappa shape index (κ1) is 15.4. The van der Waals surface area contributed by atoms with Crippen molar-refractivity contribution in [1.29, 1.82) is 0 Å². The molecule has 0 amide bonds. The molecule has 1 aromatic rings. The lowest BCUT2D eigenvalue weighted by atomic mass is 9.85. The lowest BCUT2D eigenvalue weighted by Gasteiger charge is -2.24. The molecule has 1 aromatic heterocycles. The highest BCUT2D eigenvalue weighted by Crippen LogP contribution is 2.35. The van der Waals surface area contributed by atoms with Crippen molar-refractivity contribution in [2.24, 2.45) is 11.3 Å². The molecule has 1 aliphatic rings. The van der Waals surface area contributed by atoms with Crippen LogP contribution in [0.25, 0.3) is 0 Å². The van der Waals surface area contributed by atoms with Gasteiger partial charge in [0.25, 0.3) is 0 Å². The van der Waals surface area contributed by atoms with Crippen LogP contribution in [-0.2, 0) is 0 Å². The van der Waals surface area contributed by atoms with Gasteiger partial charge in [0.05, 0.1) is 4.92 Å². The summed E-state index contributed by atoms with van der Waals surface area (Å²) in [4.78, 5) is 21.1. The highest BCUT2D eigenvalue weighted by Gasteiger charge is 2.30. The summed E-state index contributed by atoms with van der Waals surface area (Å²) in [5, 5.41) is 11.3. The Balaban J connectivity index is 2.41. The van der Waals surface area contributed by atoms with E-state index < -0.39 is 4.92 Å².